The van der Waals surface area contributed by atoms with E-state index in [-0.39, 0.29) is 22.9 Å². The first-order chi connectivity index (χ1) is 15.4. The maximum Gasteiger partial charge on any atom is 0.195 e. The molecule has 0 aliphatic carbocycles. The van der Waals surface area contributed by atoms with Crippen molar-refractivity contribution in [2.45, 2.75) is 6.61 Å². The predicted octanol–water partition coefficient (Wildman–Crippen LogP) is 6.75. The zero-order valence-corrected chi connectivity index (χ0v) is 16.8. The number of fused-ring (bicyclic) bond motifs is 1. The van der Waals surface area contributed by atoms with Gasteiger partial charge in [-0.05, 0) is 59.0 Å². The zero-order chi connectivity index (χ0) is 22.8. The molecular formula is C26H15F5O. The van der Waals surface area contributed by atoms with E-state index in [1.54, 1.807) is 24.3 Å². The highest BCUT2D eigenvalue weighted by Crippen LogP contribution is 2.28. The summed E-state index contributed by atoms with van der Waals surface area (Å²) in [7, 11) is 1.44. The second kappa shape index (κ2) is 8.81. The topological polar surface area (TPSA) is 9.23 Å². The standard InChI is InChI=1S/C26H15F5O/c1-32-14-17-11-21(27)24(22(28)12-17)18-7-4-15(5-8-18)2-3-16-6-9-20-19(10-16)13-23(29)26(31)25(20)30/h4-13H,14H2,1H3. The van der Waals surface area contributed by atoms with Gasteiger partial charge >= 0.3 is 0 Å². The second-order valence-corrected chi connectivity index (χ2v) is 7.12. The average molecular weight is 438 g/mol. The molecule has 4 aromatic carbocycles. The van der Waals surface area contributed by atoms with Gasteiger partial charge in [0, 0.05) is 23.6 Å². The van der Waals surface area contributed by atoms with E-state index in [1.807, 2.05) is 0 Å². The van der Waals surface area contributed by atoms with Crippen molar-refractivity contribution in [2.75, 3.05) is 7.11 Å². The van der Waals surface area contributed by atoms with Crippen molar-refractivity contribution >= 4 is 10.8 Å². The molecule has 0 unspecified atom stereocenters. The molecule has 0 bridgehead atoms. The number of rotatable bonds is 3. The number of halogens is 5. The van der Waals surface area contributed by atoms with Crippen LogP contribution in [0.15, 0.2) is 60.7 Å². The van der Waals surface area contributed by atoms with Crippen LogP contribution in [0, 0.1) is 40.9 Å². The molecule has 1 nitrogen and oxygen atoms in total. The first kappa shape index (κ1) is 21.5. The summed E-state index contributed by atoms with van der Waals surface area (Å²) in [5.74, 6) is 0.326. The molecule has 0 N–H and O–H groups in total. The van der Waals surface area contributed by atoms with Gasteiger partial charge in [-0.3, -0.25) is 0 Å². The Morgan fingerprint density at radius 1 is 0.688 bits per heavy atom. The van der Waals surface area contributed by atoms with Gasteiger partial charge < -0.3 is 4.74 Å². The minimum atomic E-state index is -1.52. The molecule has 0 radical (unpaired) electrons. The maximum atomic E-state index is 14.4. The summed E-state index contributed by atoms with van der Waals surface area (Å²) in [6, 6.07) is 14.0. The highest BCUT2D eigenvalue weighted by Gasteiger charge is 2.14. The van der Waals surface area contributed by atoms with Gasteiger partial charge in [0.05, 0.1) is 12.2 Å². The van der Waals surface area contributed by atoms with Gasteiger partial charge in [-0.2, -0.15) is 0 Å². The molecule has 160 valence electrons. The molecule has 0 fully saturated rings. The van der Waals surface area contributed by atoms with Crippen molar-refractivity contribution in [3.05, 3.63) is 106 Å². The Morgan fingerprint density at radius 3 is 1.97 bits per heavy atom. The normalized spacial score (nSPS) is 10.8. The van der Waals surface area contributed by atoms with Crippen molar-refractivity contribution in [1.82, 2.24) is 0 Å². The summed E-state index contributed by atoms with van der Waals surface area (Å²) in [5, 5.41) is 0.144. The highest BCUT2D eigenvalue weighted by molar-refractivity contribution is 5.84. The molecule has 6 heteroatoms. The molecule has 0 saturated heterocycles. The summed E-state index contributed by atoms with van der Waals surface area (Å²) in [5.41, 5.74) is 1.65. The highest BCUT2D eigenvalue weighted by atomic mass is 19.2. The van der Waals surface area contributed by atoms with Crippen LogP contribution in [-0.4, -0.2) is 7.11 Å². The van der Waals surface area contributed by atoms with Gasteiger partial charge in [-0.15, -0.1) is 0 Å². The van der Waals surface area contributed by atoms with Crippen LogP contribution >= 0.6 is 0 Å². The molecule has 0 heterocycles. The van der Waals surface area contributed by atoms with E-state index >= 15 is 0 Å². The van der Waals surface area contributed by atoms with Gasteiger partial charge in [-0.25, -0.2) is 22.0 Å². The monoisotopic (exact) mass is 438 g/mol. The number of hydrogen-bond acceptors (Lipinski definition) is 1. The van der Waals surface area contributed by atoms with Crippen LogP contribution in [0.1, 0.15) is 16.7 Å². The molecule has 0 saturated carbocycles. The van der Waals surface area contributed by atoms with Crippen LogP contribution in [-0.2, 0) is 11.3 Å². The summed E-state index contributed by atoms with van der Waals surface area (Å²) < 4.78 is 74.4. The van der Waals surface area contributed by atoms with Crippen molar-refractivity contribution in [2.24, 2.45) is 0 Å². The molecule has 0 aliphatic heterocycles. The SMILES string of the molecule is COCc1cc(F)c(-c2ccc(C#Cc3ccc4c(F)c(F)c(F)cc4c3)cc2)c(F)c1. The first-order valence-corrected chi connectivity index (χ1v) is 9.54. The summed E-state index contributed by atoms with van der Waals surface area (Å²) in [4.78, 5) is 0. The fourth-order valence-electron chi connectivity index (χ4n) is 3.40. The number of benzene rings is 4. The average Bonchev–Trinajstić information content (AvgIpc) is 2.76. The third-order valence-corrected chi connectivity index (χ3v) is 4.91. The van der Waals surface area contributed by atoms with E-state index in [1.165, 1.54) is 37.4 Å². The maximum absolute atomic E-state index is 14.4. The third-order valence-electron chi connectivity index (χ3n) is 4.91. The minimum Gasteiger partial charge on any atom is -0.380 e. The quantitative estimate of drug-likeness (QED) is 0.195. The predicted molar refractivity (Wildman–Crippen MR) is 112 cm³/mol. The Balaban J connectivity index is 1.61. The lowest BCUT2D eigenvalue weighted by molar-refractivity contribution is 0.184. The largest absolute Gasteiger partial charge is 0.380 e. The molecule has 4 aromatic rings. The lowest BCUT2D eigenvalue weighted by Gasteiger charge is -2.08. The van der Waals surface area contributed by atoms with Crippen molar-refractivity contribution in [1.29, 1.82) is 0 Å². The van der Waals surface area contributed by atoms with E-state index in [0.29, 0.717) is 22.3 Å². The van der Waals surface area contributed by atoms with Crippen LogP contribution in [0.4, 0.5) is 22.0 Å². The molecule has 0 aliphatic rings. The third kappa shape index (κ3) is 4.20. The van der Waals surface area contributed by atoms with Crippen LogP contribution in [0.3, 0.4) is 0 Å². The van der Waals surface area contributed by atoms with Crippen LogP contribution < -0.4 is 0 Å². The van der Waals surface area contributed by atoms with Gasteiger partial charge in [-0.1, -0.05) is 30.0 Å². The van der Waals surface area contributed by atoms with Gasteiger partial charge in [0.1, 0.15) is 11.6 Å². The molecule has 0 atom stereocenters. The number of methoxy groups -OCH3 is 1. The van der Waals surface area contributed by atoms with E-state index in [2.05, 4.69) is 11.8 Å². The fraction of sp³-hybridized carbons (Fsp3) is 0.0769. The summed E-state index contributed by atoms with van der Waals surface area (Å²) >= 11 is 0. The lowest BCUT2D eigenvalue weighted by Crippen LogP contribution is -1.96. The molecule has 0 amide bonds. The zero-order valence-electron chi connectivity index (χ0n) is 16.8. The number of hydrogen-bond donors (Lipinski definition) is 0. The van der Waals surface area contributed by atoms with E-state index in [9.17, 15) is 22.0 Å². The Kier molecular flexibility index (Phi) is 5.93. The van der Waals surface area contributed by atoms with E-state index in [0.717, 1.165) is 6.07 Å². The van der Waals surface area contributed by atoms with Crippen LogP contribution in [0.2, 0.25) is 0 Å². The van der Waals surface area contributed by atoms with Gasteiger partial charge in [0.15, 0.2) is 17.5 Å². The molecular weight excluding hydrogens is 423 g/mol. The van der Waals surface area contributed by atoms with Crippen LogP contribution in [0.25, 0.3) is 21.9 Å². The first-order valence-electron chi connectivity index (χ1n) is 9.54. The Morgan fingerprint density at radius 2 is 1.31 bits per heavy atom. The molecule has 4 rings (SSSR count). The molecule has 0 aromatic heterocycles. The Hall–Kier alpha value is -3.69. The Bertz CT molecular complexity index is 1360. The second-order valence-electron chi connectivity index (χ2n) is 7.12. The van der Waals surface area contributed by atoms with Crippen molar-refractivity contribution in [3.63, 3.8) is 0 Å². The minimum absolute atomic E-state index is 0.0422. The smallest absolute Gasteiger partial charge is 0.195 e. The van der Waals surface area contributed by atoms with Crippen molar-refractivity contribution < 1.29 is 26.7 Å². The lowest BCUT2D eigenvalue weighted by atomic mass is 10.0. The molecule has 0 spiro atoms. The van der Waals surface area contributed by atoms with Crippen molar-refractivity contribution in [3.8, 4) is 23.0 Å². The molecule has 32 heavy (non-hydrogen) atoms. The number of ether oxygens (including phenoxy) is 1. The Labute approximate surface area is 181 Å². The van der Waals surface area contributed by atoms with E-state index in [4.69, 9.17) is 4.74 Å². The van der Waals surface area contributed by atoms with E-state index < -0.39 is 29.1 Å². The van der Waals surface area contributed by atoms with Gasteiger partial charge in [0.2, 0.25) is 0 Å². The van der Waals surface area contributed by atoms with Gasteiger partial charge in [0.25, 0.3) is 0 Å². The summed E-state index contributed by atoms with van der Waals surface area (Å²) in [6.45, 7) is 0.103. The summed E-state index contributed by atoms with van der Waals surface area (Å²) in [6.07, 6.45) is 0. The van der Waals surface area contributed by atoms with Crippen LogP contribution in [0.5, 0.6) is 0 Å². The fourth-order valence-corrected chi connectivity index (χ4v) is 3.40.